The van der Waals surface area contributed by atoms with E-state index in [0.717, 1.165) is 5.56 Å². The highest BCUT2D eigenvalue weighted by atomic mass is 35.5. The molecule has 2 N–H and O–H groups in total. The third-order valence-corrected chi connectivity index (χ3v) is 2.73. The van der Waals surface area contributed by atoms with E-state index >= 15 is 0 Å². The van der Waals surface area contributed by atoms with Crippen molar-refractivity contribution in [3.8, 4) is 16.9 Å². The Bertz CT molecular complexity index is 686. The van der Waals surface area contributed by atoms with E-state index in [4.69, 9.17) is 22.1 Å². The minimum absolute atomic E-state index is 0.0301. The molecule has 6 heteroatoms. The number of halogens is 1. The standard InChI is InChI=1S/C14H11ClN2O3/c1-8(18)20-12-6-10(7-17-13(12)14(16)19)9-3-2-4-11(15)5-9/h2-7H,1H3,(H2,16,19). The summed E-state index contributed by atoms with van der Waals surface area (Å²) in [6.07, 6.45) is 1.47. The number of hydrogen-bond acceptors (Lipinski definition) is 4. The quantitative estimate of drug-likeness (QED) is 0.880. The Kier molecular flexibility index (Phi) is 4.00. The molecule has 1 amide bonds. The van der Waals surface area contributed by atoms with E-state index < -0.39 is 11.9 Å². The van der Waals surface area contributed by atoms with Gasteiger partial charge in [0, 0.05) is 23.7 Å². The Morgan fingerprint density at radius 1 is 1.25 bits per heavy atom. The molecule has 1 aromatic carbocycles. The molecule has 5 nitrogen and oxygen atoms in total. The van der Waals surface area contributed by atoms with E-state index in [1.54, 1.807) is 18.2 Å². The van der Waals surface area contributed by atoms with Crippen molar-refractivity contribution in [2.24, 2.45) is 5.73 Å². The Morgan fingerprint density at radius 2 is 2.00 bits per heavy atom. The minimum Gasteiger partial charge on any atom is -0.424 e. The number of nitrogens with two attached hydrogens (primary N) is 1. The summed E-state index contributed by atoms with van der Waals surface area (Å²) in [6.45, 7) is 1.23. The first kappa shape index (κ1) is 14.0. The van der Waals surface area contributed by atoms with Gasteiger partial charge in [0.2, 0.25) is 0 Å². The van der Waals surface area contributed by atoms with Crippen LogP contribution < -0.4 is 10.5 Å². The zero-order valence-corrected chi connectivity index (χ0v) is 11.3. The zero-order valence-electron chi connectivity index (χ0n) is 10.6. The van der Waals surface area contributed by atoms with Gasteiger partial charge in [0.15, 0.2) is 11.4 Å². The predicted molar refractivity (Wildman–Crippen MR) is 74.5 cm³/mol. The number of esters is 1. The van der Waals surface area contributed by atoms with Crippen LogP contribution in [0.15, 0.2) is 36.5 Å². The number of hydrogen-bond donors (Lipinski definition) is 1. The average molecular weight is 291 g/mol. The Balaban J connectivity index is 2.51. The first-order valence-corrected chi connectivity index (χ1v) is 6.09. The number of rotatable bonds is 3. The number of amides is 1. The third kappa shape index (κ3) is 3.13. The monoisotopic (exact) mass is 290 g/mol. The van der Waals surface area contributed by atoms with Crippen LogP contribution in [0.1, 0.15) is 17.4 Å². The number of pyridine rings is 1. The van der Waals surface area contributed by atoms with Gasteiger partial charge in [-0.1, -0.05) is 23.7 Å². The minimum atomic E-state index is -0.765. The molecule has 0 bridgehead atoms. The van der Waals surface area contributed by atoms with E-state index in [0.29, 0.717) is 10.6 Å². The molecule has 0 aliphatic carbocycles. The van der Waals surface area contributed by atoms with Crippen LogP contribution in [0, 0.1) is 0 Å². The zero-order chi connectivity index (χ0) is 14.7. The van der Waals surface area contributed by atoms with Gasteiger partial charge in [-0.05, 0) is 23.8 Å². The summed E-state index contributed by atoms with van der Waals surface area (Å²) in [5, 5.41) is 0.565. The number of carbonyl (C=O) groups is 2. The lowest BCUT2D eigenvalue weighted by atomic mass is 10.1. The SMILES string of the molecule is CC(=O)Oc1cc(-c2cccc(Cl)c2)cnc1C(N)=O. The molecule has 0 spiro atoms. The maximum atomic E-state index is 11.3. The fourth-order valence-corrected chi connectivity index (χ4v) is 1.88. The summed E-state index contributed by atoms with van der Waals surface area (Å²) < 4.78 is 4.96. The second-order valence-corrected chi connectivity index (χ2v) is 4.48. The smallest absolute Gasteiger partial charge is 0.308 e. The largest absolute Gasteiger partial charge is 0.424 e. The van der Waals surface area contributed by atoms with Crippen molar-refractivity contribution in [2.75, 3.05) is 0 Å². The van der Waals surface area contributed by atoms with Crippen LogP contribution in [0.5, 0.6) is 5.75 Å². The van der Waals surface area contributed by atoms with Gasteiger partial charge < -0.3 is 10.5 Å². The van der Waals surface area contributed by atoms with Crippen molar-refractivity contribution in [3.05, 3.63) is 47.2 Å². The molecule has 102 valence electrons. The summed E-state index contributed by atoms with van der Waals surface area (Å²) >= 11 is 5.92. The maximum absolute atomic E-state index is 11.3. The number of aromatic nitrogens is 1. The highest BCUT2D eigenvalue weighted by Gasteiger charge is 2.14. The highest BCUT2D eigenvalue weighted by molar-refractivity contribution is 6.30. The van der Waals surface area contributed by atoms with Crippen LogP contribution in [0.2, 0.25) is 5.02 Å². The molecule has 20 heavy (non-hydrogen) atoms. The fraction of sp³-hybridized carbons (Fsp3) is 0.0714. The van der Waals surface area contributed by atoms with Crippen molar-refractivity contribution in [1.82, 2.24) is 4.98 Å². The van der Waals surface area contributed by atoms with E-state index in [1.807, 2.05) is 6.07 Å². The molecule has 0 saturated heterocycles. The fourth-order valence-electron chi connectivity index (χ4n) is 1.69. The number of benzene rings is 1. The van der Waals surface area contributed by atoms with Crippen LogP contribution >= 0.6 is 11.6 Å². The van der Waals surface area contributed by atoms with E-state index in [-0.39, 0.29) is 11.4 Å². The third-order valence-electron chi connectivity index (χ3n) is 2.50. The van der Waals surface area contributed by atoms with Crippen LogP contribution in [-0.2, 0) is 4.79 Å². The van der Waals surface area contributed by atoms with Crippen molar-refractivity contribution >= 4 is 23.5 Å². The van der Waals surface area contributed by atoms with Gasteiger partial charge in [0.05, 0.1) is 0 Å². The summed E-state index contributed by atoms with van der Waals surface area (Å²) in [5.74, 6) is -1.29. The lowest BCUT2D eigenvalue weighted by molar-refractivity contribution is -0.131. The topological polar surface area (TPSA) is 82.3 Å². The van der Waals surface area contributed by atoms with Gasteiger partial charge >= 0.3 is 5.97 Å². The van der Waals surface area contributed by atoms with Gasteiger partial charge in [0.25, 0.3) is 5.91 Å². The lowest BCUT2D eigenvalue weighted by Gasteiger charge is -2.08. The van der Waals surface area contributed by atoms with Crippen LogP contribution in [0.25, 0.3) is 11.1 Å². The van der Waals surface area contributed by atoms with E-state index in [2.05, 4.69) is 4.98 Å². The van der Waals surface area contributed by atoms with Crippen molar-refractivity contribution < 1.29 is 14.3 Å². The Morgan fingerprint density at radius 3 is 2.60 bits per heavy atom. The summed E-state index contributed by atoms with van der Waals surface area (Å²) in [4.78, 5) is 26.3. The van der Waals surface area contributed by atoms with Gasteiger partial charge in [-0.25, -0.2) is 4.98 Å². The van der Waals surface area contributed by atoms with Crippen LogP contribution in [0.4, 0.5) is 0 Å². The molecule has 0 aliphatic rings. The second-order valence-electron chi connectivity index (χ2n) is 4.04. The average Bonchev–Trinajstić information content (AvgIpc) is 2.37. The highest BCUT2D eigenvalue weighted by Crippen LogP contribution is 2.27. The molecule has 0 saturated carbocycles. The molecule has 0 unspecified atom stereocenters. The summed E-state index contributed by atoms with van der Waals surface area (Å²) in [7, 11) is 0. The number of primary amides is 1. The summed E-state index contributed by atoms with van der Waals surface area (Å²) in [5.41, 5.74) is 6.55. The van der Waals surface area contributed by atoms with Gasteiger partial charge in [-0.2, -0.15) is 0 Å². The first-order valence-electron chi connectivity index (χ1n) is 5.71. The van der Waals surface area contributed by atoms with Gasteiger partial charge in [-0.15, -0.1) is 0 Å². The number of ether oxygens (including phenoxy) is 1. The summed E-state index contributed by atoms with van der Waals surface area (Å²) in [6, 6.07) is 8.61. The molecule has 0 radical (unpaired) electrons. The Hall–Kier alpha value is -2.40. The normalized spacial score (nSPS) is 10.1. The molecule has 2 aromatic rings. The maximum Gasteiger partial charge on any atom is 0.308 e. The molecule has 0 atom stereocenters. The molecule has 1 aromatic heterocycles. The molecule has 0 aliphatic heterocycles. The number of nitrogens with zero attached hydrogens (tertiary/aromatic N) is 1. The van der Waals surface area contributed by atoms with Crippen molar-refractivity contribution in [3.63, 3.8) is 0 Å². The van der Waals surface area contributed by atoms with Crippen molar-refractivity contribution in [2.45, 2.75) is 6.92 Å². The van der Waals surface area contributed by atoms with Crippen LogP contribution in [0.3, 0.4) is 0 Å². The molecular weight excluding hydrogens is 280 g/mol. The predicted octanol–water partition coefficient (Wildman–Crippen LogP) is 2.43. The van der Waals surface area contributed by atoms with Gasteiger partial charge in [-0.3, -0.25) is 9.59 Å². The lowest BCUT2D eigenvalue weighted by Crippen LogP contribution is -2.16. The van der Waals surface area contributed by atoms with E-state index in [9.17, 15) is 9.59 Å². The number of carbonyl (C=O) groups excluding carboxylic acids is 2. The van der Waals surface area contributed by atoms with Crippen LogP contribution in [-0.4, -0.2) is 16.9 Å². The molecule has 2 rings (SSSR count). The second kappa shape index (κ2) is 5.71. The molecule has 1 heterocycles. The molecule has 0 fully saturated rings. The van der Waals surface area contributed by atoms with Crippen molar-refractivity contribution in [1.29, 1.82) is 0 Å². The first-order chi connectivity index (χ1) is 9.47. The molecular formula is C14H11ClN2O3. The van der Waals surface area contributed by atoms with E-state index in [1.165, 1.54) is 19.2 Å². The van der Waals surface area contributed by atoms with Gasteiger partial charge in [0.1, 0.15) is 0 Å². The Labute approximate surface area is 120 Å².